The van der Waals surface area contributed by atoms with Gasteiger partial charge in [0.2, 0.25) is 0 Å². The van der Waals surface area contributed by atoms with E-state index in [4.69, 9.17) is 4.74 Å². The van der Waals surface area contributed by atoms with E-state index in [1.54, 1.807) is 0 Å². The first-order valence-corrected chi connectivity index (χ1v) is 8.96. The molecule has 2 fully saturated rings. The van der Waals surface area contributed by atoms with Crippen LogP contribution in [0.15, 0.2) is 0 Å². The van der Waals surface area contributed by atoms with E-state index in [1.807, 2.05) is 0 Å². The first-order chi connectivity index (χ1) is 10.0. The smallest absolute Gasteiger partial charge is 0.309 e. The molecule has 1 saturated heterocycles. The molecular formula is C18H33NO2. The second kappa shape index (κ2) is 7.62. The molecule has 0 aromatic rings. The summed E-state index contributed by atoms with van der Waals surface area (Å²) >= 11 is 0. The summed E-state index contributed by atoms with van der Waals surface area (Å²) in [6, 6.07) is 0. The molecule has 0 aromatic carbocycles. The summed E-state index contributed by atoms with van der Waals surface area (Å²) in [5.74, 6) is 0.787. The van der Waals surface area contributed by atoms with Crippen LogP contribution in [0.5, 0.6) is 0 Å². The van der Waals surface area contributed by atoms with Gasteiger partial charge >= 0.3 is 5.97 Å². The van der Waals surface area contributed by atoms with Crippen molar-refractivity contribution in [1.82, 2.24) is 4.90 Å². The Labute approximate surface area is 130 Å². The largest absolute Gasteiger partial charge is 0.464 e. The van der Waals surface area contributed by atoms with Crippen molar-refractivity contribution in [2.24, 2.45) is 11.8 Å². The number of hydrogen-bond donors (Lipinski definition) is 0. The molecule has 1 aliphatic carbocycles. The maximum Gasteiger partial charge on any atom is 0.309 e. The van der Waals surface area contributed by atoms with Gasteiger partial charge in [0, 0.05) is 5.54 Å². The second-order valence-electron chi connectivity index (χ2n) is 7.55. The van der Waals surface area contributed by atoms with Crippen molar-refractivity contribution in [1.29, 1.82) is 0 Å². The lowest BCUT2D eigenvalue weighted by molar-refractivity contribution is -0.154. The average molecular weight is 295 g/mol. The van der Waals surface area contributed by atoms with Gasteiger partial charge in [0.15, 0.2) is 0 Å². The van der Waals surface area contributed by atoms with Gasteiger partial charge < -0.3 is 4.74 Å². The van der Waals surface area contributed by atoms with E-state index in [9.17, 15) is 4.79 Å². The molecule has 21 heavy (non-hydrogen) atoms. The van der Waals surface area contributed by atoms with Gasteiger partial charge in [0.05, 0.1) is 5.92 Å². The van der Waals surface area contributed by atoms with Crippen molar-refractivity contribution in [3.63, 3.8) is 0 Å². The lowest BCUT2D eigenvalue weighted by atomic mass is 9.87. The minimum absolute atomic E-state index is 0.0153. The number of ether oxygens (including phenoxy) is 1. The number of carbonyl (C=O) groups is 1. The van der Waals surface area contributed by atoms with Crippen LogP contribution in [0.1, 0.15) is 72.1 Å². The Morgan fingerprint density at radius 3 is 2.38 bits per heavy atom. The zero-order chi connectivity index (χ0) is 15.3. The van der Waals surface area contributed by atoms with Crippen LogP contribution >= 0.6 is 0 Å². The lowest BCUT2D eigenvalue weighted by Gasteiger charge is -2.35. The van der Waals surface area contributed by atoms with E-state index < -0.39 is 0 Å². The van der Waals surface area contributed by atoms with Crippen LogP contribution in [0, 0.1) is 11.8 Å². The topological polar surface area (TPSA) is 29.5 Å². The summed E-state index contributed by atoms with van der Waals surface area (Å²) in [6.07, 6.45) is 9.63. The molecule has 122 valence electrons. The van der Waals surface area contributed by atoms with E-state index in [0.29, 0.717) is 12.5 Å². The molecule has 1 atom stereocenters. The summed E-state index contributed by atoms with van der Waals surface area (Å²) in [6.45, 7) is 9.41. The number of hydrogen-bond acceptors (Lipinski definition) is 3. The minimum atomic E-state index is -0.0153. The Hall–Kier alpha value is -0.570. The van der Waals surface area contributed by atoms with Gasteiger partial charge in [-0.05, 0) is 65.0 Å². The molecule has 1 unspecified atom stereocenters. The van der Waals surface area contributed by atoms with Crippen LogP contribution in [0.25, 0.3) is 0 Å². The van der Waals surface area contributed by atoms with E-state index in [-0.39, 0.29) is 17.4 Å². The molecule has 0 N–H and O–H groups in total. The minimum Gasteiger partial charge on any atom is -0.464 e. The predicted molar refractivity (Wildman–Crippen MR) is 86.2 cm³/mol. The number of rotatable bonds is 7. The van der Waals surface area contributed by atoms with Gasteiger partial charge in [-0.3, -0.25) is 9.69 Å². The maximum absolute atomic E-state index is 12.5. The highest BCUT2D eigenvalue weighted by Gasteiger charge is 2.34. The molecule has 1 heterocycles. The maximum atomic E-state index is 12.5. The number of nitrogens with zero attached hydrogens (tertiary/aromatic N) is 1. The van der Waals surface area contributed by atoms with Gasteiger partial charge in [-0.2, -0.15) is 0 Å². The molecule has 0 spiro atoms. The lowest BCUT2D eigenvalue weighted by Crippen LogP contribution is -2.46. The molecule has 0 radical (unpaired) electrons. The molecule has 2 rings (SSSR count). The van der Waals surface area contributed by atoms with Crippen molar-refractivity contribution >= 4 is 5.97 Å². The van der Waals surface area contributed by atoms with Crippen LogP contribution in [-0.4, -0.2) is 36.1 Å². The average Bonchev–Trinajstić information content (AvgIpc) is 3.14. The van der Waals surface area contributed by atoms with Crippen molar-refractivity contribution in [3.8, 4) is 0 Å². The molecule has 0 bridgehead atoms. The van der Waals surface area contributed by atoms with E-state index in [1.165, 1.54) is 38.5 Å². The summed E-state index contributed by atoms with van der Waals surface area (Å²) in [4.78, 5) is 15.0. The van der Waals surface area contributed by atoms with Crippen molar-refractivity contribution < 1.29 is 9.53 Å². The quantitative estimate of drug-likeness (QED) is 0.665. The standard InChI is InChI=1S/C18H33NO2/c1-4-9-16(15-10-5-6-11-15)17(20)21-14-18(2,3)19-12-7-8-13-19/h15-16H,4-14H2,1-3H3. The Morgan fingerprint density at radius 1 is 1.19 bits per heavy atom. The summed E-state index contributed by atoms with van der Waals surface area (Å²) in [5, 5.41) is 0. The third-order valence-corrected chi connectivity index (χ3v) is 5.40. The Bertz CT molecular complexity index is 328. The fourth-order valence-electron chi connectivity index (χ4n) is 3.99. The first-order valence-electron chi connectivity index (χ1n) is 8.96. The fraction of sp³-hybridized carbons (Fsp3) is 0.944. The normalized spacial score (nSPS) is 22.6. The second-order valence-corrected chi connectivity index (χ2v) is 7.55. The summed E-state index contributed by atoms with van der Waals surface area (Å²) in [7, 11) is 0. The number of likely N-dealkylation sites (tertiary alicyclic amines) is 1. The molecule has 0 aromatic heterocycles. The molecule has 2 aliphatic rings. The predicted octanol–water partition coefficient (Wildman–Crippen LogP) is 4.01. The number of carbonyl (C=O) groups excluding carboxylic acids is 1. The van der Waals surface area contributed by atoms with Crippen LogP contribution in [-0.2, 0) is 9.53 Å². The zero-order valence-corrected chi connectivity index (χ0v) is 14.2. The Morgan fingerprint density at radius 2 is 1.81 bits per heavy atom. The van der Waals surface area contributed by atoms with Crippen molar-refractivity contribution in [2.75, 3.05) is 19.7 Å². The molecule has 3 heteroatoms. The summed E-state index contributed by atoms with van der Waals surface area (Å²) in [5.41, 5.74) is -0.0153. The van der Waals surface area contributed by atoms with Gasteiger partial charge in [-0.15, -0.1) is 0 Å². The summed E-state index contributed by atoms with van der Waals surface area (Å²) < 4.78 is 5.77. The highest BCUT2D eigenvalue weighted by atomic mass is 16.5. The molecule has 3 nitrogen and oxygen atoms in total. The van der Waals surface area contributed by atoms with Crippen molar-refractivity contribution in [2.45, 2.75) is 77.7 Å². The molecule has 0 amide bonds. The first kappa shape index (κ1) is 16.8. The third-order valence-electron chi connectivity index (χ3n) is 5.40. The van der Waals surface area contributed by atoms with Crippen LogP contribution < -0.4 is 0 Å². The van der Waals surface area contributed by atoms with E-state index >= 15 is 0 Å². The highest BCUT2D eigenvalue weighted by molar-refractivity contribution is 5.72. The van der Waals surface area contributed by atoms with Gasteiger partial charge in [0.1, 0.15) is 6.61 Å². The Balaban J connectivity index is 1.85. The van der Waals surface area contributed by atoms with E-state index in [2.05, 4.69) is 25.7 Å². The SMILES string of the molecule is CCCC(C(=O)OCC(C)(C)N1CCCC1)C1CCCC1. The zero-order valence-electron chi connectivity index (χ0n) is 14.2. The monoisotopic (exact) mass is 295 g/mol. The third kappa shape index (κ3) is 4.45. The van der Waals surface area contributed by atoms with Crippen LogP contribution in [0.3, 0.4) is 0 Å². The number of esters is 1. The van der Waals surface area contributed by atoms with Gasteiger partial charge in [-0.1, -0.05) is 26.2 Å². The van der Waals surface area contributed by atoms with E-state index in [0.717, 1.165) is 25.9 Å². The highest BCUT2D eigenvalue weighted by Crippen LogP contribution is 2.34. The van der Waals surface area contributed by atoms with Gasteiger partial charge in [0.25, 0.3) is 0 Å². The fourth-order valence-corrected chi connectivity index (χ4v) is 3.99. The molecule has 1 saturated carbocycles. The van der Waals surface area contributed by atoms with Crippen LogP contribution in [0.2, 0.25) is 0 Å². The Kier molecular flexibility index (Phi) is 6.09. The van der Waals surface area contributed by atoms with Crippen LogP contribution in [0.4, 0.5) is 0 Å². The van der Waals surface area contributed by atoms with Gasteiger partial charge in [-0.25, -0.2) is 0 Å². The molecule has 1 aliphatic heterocycles. The molecular weight excluding hydrogens is 262 g/mol. The van der Waals surface area contributed by atoms with Crippen molar-refractivity contribution in [3.05, 3.63) is 0 Å².